The van der Waals surface area contributed by atoms with Crippen molar-refractivity contribution < 1.29 is 4.79 Å². The van der Waals surface area contributed by atoms with Crippen molar-refractivity contribution in [2.24, 2.45) is 17.6 Å². The fourth-order valence-electron chi connectivity index (χ4n) is 3.43. The van der Waals surface area contributed by atoms with Gasteiger partial charge in [0.1, 0.15) is 0 Å². The zero-order chi connectivity index (χ0) is 12.3. The lowest BCUT2D eigenvalue weighted by molar-refractivity contribution is -0.135. The Morgan fingerprint density at radius 1 is 1.12 bits per heavy atom. The highest BCUT2D eigenvalue weighted by Crippen LogP contribution is 2.28. The van der Waals surface area contributed by atoms with Crippen LogP contribution in [0.1, 0.15) is 51.4 Å². The number of nitrogens with two attached hydrogens (primary N) is 1. The Hall–Kier alpha value is -0.570. The Balaban J connectivity index is 1.81. The third-order valence-electron chi connectivity index (χ3n) is 4.52. The van der Waals surface area contributed by atoms with Gasteiger partial charge in [-0.05, 0) is 31.6 Å². The Morgan fingerprint density at radius 3 is 2.41 bits per heavy atom. The summed E-state index contributed by atoms with van der Waals surface area (Å²) in [6.45, 7) is 0.946. The number of carbonyl (C=O) groups excluding carboxylic acids is 1. The van der Waals surface area contributed by atoms with Crippen LogP contribution in [0.2, 0.25) is 0 Å². The van der Waals surface area contributed by atoms with Gasteiger partial charge in [-0.15, -0.1) is 0 Å². The number of rotatable bonds is 3. The Labute approximate surface area is 105 Å². The van der Waals surface area contributed by atoms with E-state index < -0.39 is 0 Å². The topological polar surface area (TPSA) is 46.3 Å². The van der Waals surface area contributed by atoms with Crippen molar-refractivity contribution >= 4 is 5.91 Å². The van der Waals surface area contributed by atoms with Gasteiger partial charge in [0, 0.05) is 19.6 Å². The number of carbonyl (C=O) groups is 1. The monoisotopic (exact) mass is 238 g/mol. The first-order chi connectivity index (χ1) is 8.18. The molecule has 0 bridgehead atoms. The van der Waals surface area contributed by atoms with E-state index in [1.165, 1.54) is 32.1 Å². The molecule has 2 aliphatic carbocycles. The van der Waals surface area contributed by atoms with Crippen LogP contribution < -0.4 is 5.73 Å². The van der Waals surface area contributed by atoms with E-state index in [-0.39, 0.29) is 12.0 Å². The molecule has 0 radical (unpaired) electrons. The largest absolute Gasteiger partial charge is 0.345 e. The molecule has 2 N–H and O–H groups in total. The fourth-order valence-corrected chi connectivity index (χ4v) is 3.43. The van der Waals surface area contributed by atoms with Crippen molar-refractivity contribution in [2.45, 2.75) is 57.4 Å². The second-order valence-electron chi connectivity index (χ2n) is 5.92. The van der Waals surface area contributed by atoms with E-state index in [4.69, 9.17) is 5.73 Å². The highest BCUT2D eigenvalue weighted by atomic mass is 16.2. The molecule has 0 aromatic carbocycles. The standard InChI is InChI=1S/C14H26N2O/c1-16(10-11-6-3-2-4-7-11)14(17)12-8-5-9-13(12)15/h11-13H,2-10,15H2,1H3. The van der Waals surface area contributed by atoms with Gasteiger partial charge in [-0.2, -0.15) is 0 Å². The van der Waals surface area contributed by atoms with E-state index >= 15 is 0 Å². The summed E-state index contributed by atoms with van der Waals surface area (Å²) in [6, 6.07) is 0.108. The second-order valence-corrected chi connectivity index (χ2v) is 5.92. The van der Waals surface area contributed by atoms with Crippen molar-refractivity contribution in [3.63, 3.8) is 0 Å². The normalized spacial score (nSPS) is 30.5. The molecule has 2 atom stereocenters. The highest BCUT2D eigenvalue weighted by Gasteiger charge is 2.32. The number of hydrogen-bond acceptors (Lipinski definition) is 2. The van der Waals surface area contributed by atoms with Gasteiger partial charge in [0.15, 0.2) is 0 Å². The average Bonchev–Trinajstić information content (AvgIpc) is 2.76. The summed E-state index contributed by atoms with van der Waals surface area (Å²) in [6.07, 6.45) is 9.80. The molecule has 0 spiro atoms. The molecule has 3 nitrogen and oxygen atoms in total. The summed E-state index contributed by atoms with van der Waals surface area (Å²) in [7, 11) is 1.96. The van der Waals surface area contributed by atoms with Crippen LogP contribution in [0.4, 0.5) is 0 Å². The van der Waals surface area contributed by atoms with Crippen LogP contribution >= 0.6 is 0 Å². The molecule has 0 saturated heterocycles. The van der Waals surface area contributed by atoms with E-state index in [1.54, 1.807) is 0 Å². The summed E-state index contributed by atoms with van der Waals surface area (Å²) in [5.41, 5.74) is 6.00. The van der Waals surface area contributed by atoms with Crippen LogP contribution in [0, 0.1) is 11.8 Å². The molecule has 2 unspecified atom stereocenters. The molecular weight excluding hydrogens is 212 g/mol. The van der Waals surface area contributed by atoms with Gasteiger partial charge in [-0.1, -0.05) is 25.7 Å². The minimum atomic E-state index is 0.101. The maximum Gasteiger partial charge on any atom is 0.226 e. The lowest BCUT2D eigenvalue weighted by Crippen LogP contribution is -2.41. The van der Waals surface area contributed by atoms with Crippen LogP contribution in [0.3, 0.4) is 0 Å². The average molecular weight is 238 g/mol. The Kier molecular flexibility index (Phi) is 4.43. The van der Waals surface area contributed by atoms with Gasteiger partial charge < -0.3 is 10.6 Å². The van der Waals surface area contributed by atoms with Gasteiger partial charge in [0.2, 0.25) is 5.91 Å². The zero-order valence-corrected chi connectivity index (χ0v) is 11.0. The molecule has 2 fully saturated rings. The van der Waals surface area contributed by atoms with Crippen LogP contribution in [0.5, 0.6) is 0 Å². The summed E-state index contributed by atoms with van der Waals surface area (Å²) in [5, 5.41) is 0. The van der Waals surface area contributed by atoms with Crippen molar-refractivity contribution in [2.75, 3.05) is 13.6 Å². The molecule has 98 valence electrons. The molecule has 0 aliphatic heterocycles. The van der Waals surface area contributed by atoms with E-state index in [0.29, 0.717) is 5.91 Å². The molecule has 0 aromatic heterocycles. The van der Waals surface area contributed by atoms with Crippen molar-refractivity contribution in [3.8, 4) is 0 Å². The molecule has 1 amide bonds. The predicted molar refractivity (Wildman–Crippen MR) is 69.5 cm³/mol. The Bertz CT molecular complexity index is 261. The highest BCUT2D eigenvalue weighted by molar-refractivity contribution is 5.79. The summed E-state index contributed by atoms with van der Waals surface area (Å²) in [4.78, 5) is 14.2. The lowest BCUT2D eigenvalue weighted by Gasteiger charge is -2.29. The minimum Gasteiger partial charge on any atom is -0.345 e. The molecular formula is C14H26N2O. The summed E-state index contributed by atoms with van der Waals surface area (Å²) >= 11 is 0. The van der Waals surface area contributed by atoms with Gasteiger partial charge in [-0.3, -0.25) is 4.79 Å². The first-order valence-electron chi connectivity index (χ1n) is 7.19. The smallest absolute Gasteiger partial charge is 0.226 e. The van der Waals surface area contributed by atoms with Crippen molar-refractivity contribution in [1.82, 2.24) is 4.90 Å². The molecule has 3 heteroatoms. The molecule has 2 aliphatic rings. The van der Waals surface area contributed by atoms with Crippen LogP contribution in [0.25, 0.3) is 0 Å². The van der Waals surface area contributed by atoms with Crippen LogP contribution in [-0.2, 0) is 4.79 Å². The van der Waals surface area contributed by atoms with Gasteiger partial charge in [0.25, 0.3) is 0 Å². The fraction of sp³-hybridized carbons (Fsp3) is 0.929. The lowest BCUT2D eigenvalue weighted by atomic mass is 9.88. The summed E-state index contributed by atoms with van der Waals surface area (Å²) in [5.74, 6) is 1.12. The summed E-state index contributed by atoms with van der Waals surface area (Å²) < 4.78 is 0. The number of amides is 1. The molecule has 0 aromatic rings. The van der Waals surface area contributed by atoms with Gasteiger partial charge >= 0.3 is 0 Å². The van der Waals surface area contributed by atoms with Crippen molar-refractivity contribution in [1.29, 1.82) is 0 Å². The SMILES string of the molecule is CN(CC1CCCCC1)C(=O)C1CCCC1N. The minimum absolute atomic E-state index is 0.101. The second kappa shape index (κ2) is 5.85. The quantitative estimate of drug-likeness (QED) is 0.819. The van der Waals surface area contributed by atoms with Gasteiger partial charge in [-0.25, -0.2) is 0 Å². The molecule has 2 rings (SSSR count). The van der Waals surface area contributed by atoms with Crippen LogP contribution in [-0.4, -0.2) is 30.4 Å². The zero-order valence-electron chi connectivity index (χ0n) is 11.0. The molecule has 17 heavy (non-hydrogen) atoms. The predicted octanol–water partition coefficient (Wildman–Crippen LogP) is 2.15. The first-order valence-corrected chi connectivity index (χ1v) is 7.19. The number of hydrogen-bond donors (Lipinski definition) is 1. The Morgan fingerprint density at radius 2 is 1.82 bits per heavy atom. The first kappa shape index (κ1) is 12.9. The van der Waals surface area contributed by atoms with Crippen LogP contribution in [0.15, 0.2) is 0 Å². The van der Waals surface area contributed by atoms with Crippen molar-refractivity contribution in [3.05, 3.63) is 0 Å². The molecule has 0 heterocycles. The maximum atomic E-state index is 12.3. The molecule has 2 saturated carbocycles. The van der Waals surface area contributed by atoms with E-state index in [2.05, 4.69) is 0 Å². The third kappa shape index (κ3) is 3.21. The van der Waals surface area contributed by atoms with E-state index in [9.17, 15) is 4.79 Å². The van der Waals surface area contributed by atoms with E-state index in [0.717, 1.165) is 31.7 Å². The third-order valence-corrected chi connectivity index (χ3v) is 4.52. The van der Waals surface area contributed by atoms with E-state index in [1.807, 2.05) is 11.9 Å². The van der Waals surface area contributed by atoms with Gasteiger partial charge in [0.05, 0.1) is 5.92 Å². The number of nitrogens with zero attached hydrogens (tertiary/aromatic N) is 1. The maximum absolute atomic E-state index is 12.3.